The zero-order valence-corrected chi connectivity index (χ0v) is 16.2. The Bertz CT molecular complexity index is 815. The average molecular weight is 411 g/mol. The molecule has 1 saturated heterocycles. The summed E-state index contributed by atoms with van der Waals surface area (Å²) in [6.45, 7) is -1.46. The fourth-order valence-corrected chi connectivity index (χ4v) is 3.41. The Hall–Kier alpha value is -2.91. The molecule has 2 aliphatic rings. The van der Waals surface area contributed by atoms with E-state index in [9.17, 15) is 23.2 Å². The van der Waals surface area contributed by atoms with E-state index in [0.29, 0.717) is 12.0 Å². The van der Waals surface area contributed by atoms with Crippen LogP contribution in [0.1, 0.15) is 25.3 Å². The number of alkyl halides is 2. The summed E-state index contributed by atoms with van der Waals surface area (Å²) in [5.41, 5.74) is -0.278. The number of imide groups is 1. The highest BCUT2D eigenvalue weighted by molar-refractivity contribution is 6.09. The zero-order valence-electron chi connectivity index (χ0n) is 16.2. The number of ether oxygens (including phenoxy) is 2. The molecule has 29 heavy (non-hydrogen) atoms. The maximum absolute atomic E-state index is 12.5. The molecule has 0 bridgehead atoms. The van der Waals surface area contributed by atoms with Crippen LogP contribution in [0.15, 0.2) is 18.2 Å². The highest BCUT2D eigenvalue weighted by atomic mass is 19.3. The molecule has 4 amide bonds. The minimum Gasteiger partial charge on any atom is -0.493 e. The summed E-state index contributed by atoms with van der Waals surface area (Å²) in [6, 6.07) is 4.02. The highest BCUT2D eigenvalue weighted by Gasteiger charge is 2.56. The number of methoxy groups -OCH3 is 1. The van der Waals surface area contributed by atoms with Crippen molar-refractivity contribution in [2.24, 2.45) is 5.92 Å². The van der Waals surface area contributed by atoms with E-state index in [1.807, 2.05) is 0 Å². The van der Waals surface area contributed by atoms with E-state index in [2.05, 4.69) is 15.4 Å². The highest BCUT2D eigenvalue weighted by Crippen LogP contribution is 2.42. The maximum Gasteiger partial charge on any atom is 0.387 e. The second kappa shape index (κ2) is 8.22. The smallest absolute Gasteiger partial charge is 0.387 e. The summed E-state index contributed by atoms with van der Waals surface area (Å²) in [7, 11) is 1.34. The minimum absolute atomic E-state index is 0.0926. The summed E-state index contributed by atoms with van der Waals surface area (Å²) in [6.07, 6.45) is 2.10. The van der Waals surface area contributed by atoms with E-state index in [4.69, 9.17) is 4.74 Å². The number of nitrogens with zero attached hydrogens (tertiary/aromatic N) is 1. The number of carbonyl (C=O) groups excluding carboxylic acids is 3. The number of halogens is 2. The van der Waals surface area contributed by atoms with Crippen molar-refractivity contribution in [3.05, 3.63) is 23.8 Å². The first kappa shape index (κ1) is 20.8. The van der Waals surface area contributed by atoms with Crippen LogP contribution in [0.25, 0.3) is 0 Å². The molecule has 2 fully saturated rings. The largest absolute Gasteiger partial charge is 0.493 e. The second-order valence-corrected chi connectivity index (χ2v) is 7.26. The predicted molar refractivity (Wildman–Crippen MR) is 97.7 cm³/mol. The van der Waals surface area contributed by atoms with Gasteiger partial charge in [-0.25, -0.2) is 4.79 Å². The van der Waals surface area contributed by atoms with Crippen molar-refractivity contribution < 1.29 is 32.6 Å². The normalized spacial score (nSPS) is 21.3. The van der Waals surface area contributed by atoms with Gasteiger partial charge in [0.05, 0.1) is 7.11 Å². The molecule has 3 rings (SSSR count). The lowest BCUT2D eigenvalue weighted by molar-refractivity contribution is -0.135. The molecule has 2 N–H and O–H groups in total. The molecular formula is C19H23F2N3O5. The zero-order chi connectivity index (χ0) is 21.2. The van der Waals surface area contributed by atoms with Crippen LogP contribution in [0.3, 0.4) is 0 Å². The quantitative estimate of drug-likeness (QED) is 0.603. The van der Waals surface area contributed by atoms with Crippen LogP contribution in [-0.2, 0) is 16.0 Å². The SMILES string of the molecule is COc1ccc(CCNC(=O)CN2C(=O)NC(C)(C3CC3)C2=O)cc1OC(F)F. The Kier molecular flexibility index (Phi) is 5.90. The summed E-state index contributed by atoms with van der Waals surface area (Å²) in [4.78, 5) is 37.7. The first-order valence-electron chi connectivity index (χ1n) is 9.27. The Balaban J connectivity index is 1.51. The first-order valence-corrected chi connectivity index (χ1v) is 9.27. The first-order chi connectivity index (χ1) is 13.7. The van der Waals surface area contributed by atoms with Crippen molar-refractivity contribution in [2.75, 3.05) is 20.2 Å². The van der Waals surface area contributed by atoms with Crippen LogP contribution in [0.2, 0.25) is 0 Å². The molecule has 1 aromatic carbocycles. The van der Waals surface area contributed by atoms with Crippen molar-refractivity contribution in [1.82, 2.24) is 15.5 Å². The van der Waals surface area contributed by atoms with Crippen LogP contribution in [0, 0.1) is 5.92 Å². The molecule has 10 heteroatoms. The number of rotatable bonds is 9. The van der Waals surface area contributed by atoms with Gasteiger partial charge in [0.2, 0.25) is 5.91 Å². The van der Waals surface area contributed by atoms with Crippen LogP contribution < -0.4 is 20.1 Å². The van der Waals surface area contributed by atoms with Crippen LogP contribution in [-0.4, -0.2) is 55.1 Å². The molecule has 1 heterocycles. The van der Waals surface area contributed by atoms with Crippen molar-refractivity contribution in [2.45, 2.75) is 38.3 Å². The van der Waals surface area contributed by atoms with Gasteiger partial charge in [-0.1, -0.05) is 6.07 Å². The molecule has 1 unspecified atom stereocenters. The van der Waals surface area contributed by atoms with Gasteiger partial charge in [-0.15, -0.1) is 0 Å². The van der Waals surface area contributed by atoms with Gasteiger partial charge in [0.25, 0.3) is 5.91 Å². The minimum atomic E-state index is -2.98. The molecule has 1 saturated carbocycles. The lowest BCUT2D eigenvalue weighted by Gasteiger charge is -2.20. The number of carbonyl (C=O) groups is 3. The second-order valence-electron chi connectivity index (χ2n) is 7.26. The summed E-state index contributed by atoms with van der Waals surface area (Å²) >= 11 is 0. The molecule has 0 radical (unpaired) electrons. The molecule has 1 aliphatic carbocycles. The Morgan fingerprint density at radius 1 is 1.34 bits per heavy atom. The average Bonchev–Trinajstić information content (AvgIpc) is 3.48. The standard InChI is InChI=1S/C19H23F2N3O5/c1-19(12-4-5-12)16(26)24(18(27)23-19)10-15(25)22-8-7-11-3-6-13(28-2)14(9-11)29-17(20)21/h3,6,9,12,17H,4-5,7-8,10H2,1-2H3,(H,22,25)(H,23,27). The van der Waals surface area contributed by atoms with Crippen molar-refractivity contribution in [1.29, 1.82) is 0 Å². The Labute approximate surface area is 166 Å². The van der Waals surface area contributed by atoms with Gasteiger partial charge in [-0.05, 0) is 49.8 Å². The number of benzene rings is 1. The molecule has 1 atom stereocenters. The van der Waals surface area contributed by atoms with E-state index in [-0.39, 0.29) is 36.4 Å². The number of urea groups is 1. The molecule has 1 aromatic rings. The molecule has 0 aromatic heterocycles. The number of amides is 4. The fraction of sp³-hybridized carbons (Fsp3) is 0.526. The van der Waals surface area contributed by atoms with Gasteiger partial charge in [0, 0.05) is 6.54 Å². The van der Waals surface area contributed by atoms with Gasteiger partial charge in [-0.2, -0.15) is 8.78 Å². The number of hydrogen-bond donors (Lipinski definition) is 2. The van der Waals surface area contributed by atoms with Gasteiger partial charge in [0.15, 0.2) is 11.5 Å². The van der Waals surface area contributed by atoms with E-state index < -0.39 is 24.1 Å². The van der Waals surface area contributed by atoms with Gasteiger partial charge in [0.1, 0.15) is 12.1 Å². The van der Waals surface area contributed by atoms with E-state index in [0.717, 1.165) is 17.7 Å². The molecular weight excluding hydrogens is 388 g/mol. The molecule has 8 nitrogen and oxygen atoms in total. The van der Waals surface area contributed by atoms with Crippen LogP contribution in [0.4, 0.5) is 13.6 Å². The fourth-order valence-electron chi connectivity index (χ4n) is 3.41. The molecule has 1 aliphatic heterocycles. The van der Waals surface area contributed by atoms with Gasteiger partial charge >= 0.3 is 12.6 Å². The van der Waals surface area contributed by atoms with E-state index in [1.165, 1.54) is 19.2 Å². The molecule has 0 spiro atoms. The molecule has 158 valence electrons. The van der Waals surface area contributed by atoms with Crippen LogP contribution >= 0.6 is 0 Å². The van der Waals surface area contributed by atoms with E-state index in [1.54, 1.807) is 13.0 Å². The third kappa shape index (κ3) is 4.57. The van der Waals surface area contributed by atoms with Crippen molar-refractivity contribution in [3.8, 4) is 11.5 Å². The number of hydrogen-bond acceptors (Lipinski definition) is 5. The van der Waals surface area contributed by atoms with Gasteiger partial charge < -0.3 is 20.1 Å². The number of nitrogens with one attached hydrogen (secondary N) is 2. The Morgan fingerprint density at radius 2 is 2.07 bits per heavy atom. The lowest BCUT2D eigenvalue weighted by Crippen LogP contribution is -2.47. The topological polar surface area (TPSA) is 97.0 Å². The Morgan fingerprint density at radius 3 is 2.69 bits per heavy atom. The third-order valence-corrected chi connectivity index (χ3v) is 5.18. The monoisotopic (exact) mass is 411 g/mol. The predicted octanol–water partition coefficient (Wildman–Crippen LogP) is 1.68. The van der Waals surface area contributed by atoms with Crippen molar-refractivity contribution >= 4 is 17.8 Å². The van der Waals surface area contributed by atoms with Crippen LogP contribution in [0.5, 0.6) is 11.5 Å². The lowest BCUT2D eigenvalue weighted by atomic mass is 9.96. The van der Waals surface area contributed by atoms with E-state index >= 15 is 0 Å². The maximum atomic E-state index is 12.5. The van der Waals surface area contributed by atoms with Gasteiger partial charge in [-0.3, -0.25) is 14.5 Å². The summed E-state index contributed by atoms with van der Waals surface area (Å²) < 4.78 is 34.4. The van der Waals surface area contributed by atoms with Crippen molar-refractivity contribution in [3.63, 3.8) is 0 Å². The third-order valence-electron chi connectivity index (χ3n) is 5.18. The summed E-state index contributed by atoms with van der Waals surface area (Å²) in [5.74, 6) is -0.665. The summed E-state index contributed by atoms with van der Waals surface area (Å²) in [5, 5.41) is 5.31.